The van der Waals surface area contributed by atoms with E-state index in [1.54, 1.807) is 11.9 Å². The Bertz CT molecular complexity index is 1280. The Labute approximate surface area is 219 Å². The van der Waals surface area contributed by atoms with Crippen LogP contribution in [0.1, 0.15) is 20.8 Å². The van der Waals surface area contributed by atoms with E-state index in [2.05, 4.69) is 11.9 Å². The van der Waals surface area contributed by atoms with Crippen LogP contribution >= 0.6 is 0 Å². The number of aliphatic carboxylic acids is 1. The van der Waals surface area contributed by atoms with Gasteiger partial charge in [-0.05, 0) is 60.4 Å². The van der Waals surface area contributed by atoms with Crippen LogP contribution in [0.15, 0.2) is 96.3 Å². The number of carbonyl (C=O) groups excluding carboxylic acids is 1. The first-order valence-corrected chi connectivity index (χ1v) is 12.4. The Balaban J connectivity index is 1.40. The molecule has 2 aromatic rings. The molecule has 0 bridgehead atoms. The van der Waals surface area contributed by atoms with Crippen LogP contribution in [0.25, 0.3) is 11.1 Å². The van der Waals surface area contributed by atoms with E-state index < -0.39 is 12.0 Å². The molecule has 0 aromatic heterocycles. The van der Waals surface area contributed by atoms with Crippen LogP contribution in [-0.2, 0) is 14.3 Å². The standard InChI is InChI=1S/C30H32BN2O4/c1-6-20-8-7-9-25-26(20)19(4)28(37-25)29(34)32-24-16-12-22(13-17-24)21-10-14-23(15-11-21)31-33(5)27(18(2)3)30(35)36/h6-18,25-27H,1H2,2-5H3,(H,32,34)(H,35,36)/t25?,26?,27-/m0/s1. The topological polar surface area (TPSA) is 78.9 Å². The van der Waals surface area contributed by atoms with Crippen LogP contribution in [0.3, 0.4) is 0 Å². The number of amides is 1. The molecule has 2 aromatic carbocycles. The summed E-state index contributed by atoms with van der Waals surface area (Å²) in [5, 5.41) is 12.4. The molecule has 1 aliphatic carbocycles. The first-order chi connectivity index (χ1) is 17.7. The Hall–Kier alpha value is -3.84. The third-order valence-corrected chi connectivity index (χ3v) is 6.86. The molecule has 189 valence electrons. The Morgan fingerprint density at radius 1 is 1.11 bits per heavy atom. The Morgan fingerprint density at radius 3 is 2.30 bits per heavy atom. The van der Waals surface area contributed by atoms with Gasteiger partial charge in [-0.15, -0.1) is 0 Å². The van der Waals surface area contributed by atoms with E-state index in [-0.39, 0.29) is 23.8 Å². The number of rotatable bonds is 9. The molecule has 2 aliphatic rings. The minimum absolute atomic E-state index is 0.0140. The van der Waals surface area contributed by atoms with E-state index in [1.807, 2.05) is 101 Å². The zero-order chi connectivity index (χ0) is 26.7. The number of hydrogen-bond donors (Lipinski definition) is 2. The predicted octanol–water partition coefficient (Wildman–Crippen LogP) is 4.55. The van der Waals surface area contributed by atoms with Gasteiger partial charge >= 0.3 is 5.97 Å². The second-order valence-corrected chi connectivity index (χ2v) is 9.80. The summed E-state index contributed by atoms with van der Waals surface area (Å²) in [6.07, 6.45) is 7.54. The van der Waals surface area contributed by atoms with Gasteiger partial charge in [0.05, 0.1) is 0 Å². The number of hydrogen-bond acceptors (Lipinski definition) is 4. The second kappa shape index (κ2) is 11.1. The van der Waals surface area contributed by atoms with E-state index in [1.165, 1.54) is 0 Å². The van der Waals surface area contributed by atoms with Crippen molar-refractivity contribution in [1.29, 1.82) is 0 Å². The summed E-state index contributed by atoms with van der Waals surface area (Å²) in [6, 6.07) is 15.0. The van der Waals surface area contributed by atoms with Crippen molar-refractivity contribution < 1.29 is 19.4 Å². The van der Waals surface area contributed by atoms with Gasteiger partial charge in [0, 0.05) is 11.6 Å². The fraction of sp³-hybridized carbons (Fsp3) is 0.267. The van der Waals surface area contributed by atoms with Crippen molar-refractivity contribution in [3.05, 3.63) is 96.3 Å². The smallest absolute Gasteiger partial charge is 0.320 e. The summed E-state index contributed by atoms with van der Waals surface area (Å²) in [7, 11) is 3.64. The summed E-state index contributed by atoms with van der Waals surface area (Å²) in [4.78, 5) is 26.3. The third-order valence-electron chi connectivity index (χ3n) is 6.86. The number of benzene rings is 2. The number of carbonyl (C=O) groups is 2. The summed E-state index contributed by atoms with van der Waals surface area (Å²) in [6.45, 7) is 9.61. The van der Waals surface area contributed by atoms with Crippen molar-refractivity contribution in [3.63, 3.8) is 0 Å². The van der Waals surface area contributed by atoms with Crippen LogP contribution in [0.5, 0.6) is 0 Å². The summed E-state index contributed by atoms with van der Waals surface area (Å²) in [5.41, 5.74) is 5.59. The molecular weight excluding hydrogens is 463 g/mol. The maximum Gasteiger partial charge on any atom is 0.320 e. The molecule has 0 fully saturated rings. The van der Waals surface area contributed by atoms with E-state index in [4.69, 9.17) is 4.74 Å². The molecule has 2 unspecified atom stereocenters. The van der Waals surface area contributed by atoms with Gasteiger partial charge in [0.1, 0.15) is 12.1 Å². The van der Waals surface area contributed by atoms with Gasteiger partial charge in [-0.25, -0.2) is 0 Å². The highest BCUT2D eigenvalue weighted by molar-refractivity contribution is 6.50. The van der Waals surface area contributed by atoms with Gasteiger partial charge in [0.2, 0.25) is 7.41 Å². The maximum atomic E-state index is 13.0. The number of carboxylic acids is 1. The van der Waals surface area contributed by atoms with Gasteiger partial charge in [0.25, 0.3) is 5.91 Å². The molecule has 2 N–H and O–H groups in total. The molecule has 0 saturated heterocycles. The highest BCUT2D eigenvalue weighted by Gasteiger charge is 2.38. The summed E-state index contributed by atoms with van der Waals surface area (Å²) >= 11 is 0. The lowest BCUT2D eigenvalue weighted by Crippen LogP contribution is -2.47. The first kappa shape index (κ1) is 26.2. The van der Waals surface area contributed by atoms with Crippen molar-refractivity contribution in [1.82, 2.24) is 4.81 Å². The number of anilines is 1. The summed E-state index contributed by atoms with van der Waals surface area (Å²) in [5.74, 6) is -0.734. The molecule has 1 heterocycles. The van der Waals surface area contributed by atoms with Crippen molar-refractivity contribution in [2.75, 3.05) is 12.4 Å². The number of nitrogens with one attached hydrogen (secondary N) is 1. The predicted molar refractivity (Wildman–Crippen MR) is 148 cm³/mol. The average molecular weight is 495 g/mol. The molecule has 1 amide bonds. The largest absolute Gasteiger partial charge is 0.480 e. The van der Waals surface area contributed by atoms with Crippen molar-refractivity contribution in [2.24, 2.45) is 11.8 Å². The monoisotopic (exact) mass is 495 g/mol. The van der Waals surface area contributed by atoms with E-state index in [0.29, 0.717) is 11.4 Å². The fourth-order valence-electron chi connectivity index (χ4n) is 5.02. The van der Waals surface area contributed by atoms with Crippen LogP contribution in [-0.4, -0.2) is 48.4 Å². The Kier molecular flexibility index (Phi) is 7.84. The lowest BCUT2D eigenvalue weighted by molar-refractivity contribution is -0.142. The normalized spacial score (nSPS) is 19.2. The number of allylic oxidation sites excluding steroid dienone is 3. The molecule has 6 nitrogen and oxygen atoms in total. The van der Waals surface area contributed by atoms with Crippen LogP contribution in [0, 0.1) is 11.8 Å². The molecule has 7 heteroatoms. The minimum Gasteiger partial charge on any atom is -0.480 e. The van der Waals surface area contributed by atoms with E-state index in [9.17, 15) is 14.7 Å². The zero-order valence-corrected chi connectivity index (χ0v) is 21.6. The lowest BCUT2D eigenvalue weighted by Gasteiger charge is -2.27. The average Bonchev–Trinajstić information content (AvgIpc) is 3.21. The SMILES string of the molecule is C=CC1=CC=CC2OC(C(=O)Nc3ccc(-c4ccc([B]N(C)[C@H](C(=O)O)C(C)C)cc4)cc3)=C(C)C12. The first-order valence-electron chi connectivity index (χ1n) is 12.4. The van der Waals surface area contributed by atoms with Gasteiger partial charge in [-0.3, -0.25) is 9.59 Å². The minimum atomic E-state index is -0.836. The van der Waals surface area contributed by atoms with Gasteiger partial charge in [0.15, 0.2) is 5.76 Å². The molecule has 3 atom stereocenters. The van der Waals surface area contributed by atoms with Crippen LogP contribution in [0.4, 0.5) is 5.69 Å². The molecule has 0 spiro atoms. The van der Waals surface area contributed by atoms with E-state index >= 15 is 0 Å². The number of fused-ring (bicyclic) bond motifs is 1. The number of carboxylic acid groups (broad SMARTS) is 1. The zero-order valence-electron chi connectivity index (χ0n) is 21.6. The van der Waals surface area contributed by atoms with Crippen molar-refractivity contribution >= 4 is 30.4 Å². The highest BCUT2D eigenvalue weighted by atomic mass is 16.5. The second-order valence-electron chi connectivity index (χ2n) is 9.80. The van der Waals surface area contributed by atoms with E-state index in [0.717, 1.165) is 27.7 Å². The molecular formula is C30H32BN2O4. The van der Waals surface area contributed by atoms with Crippen molar-refractivity contribution in [3.8, 4) is 11.1 Å². The molecule has 4 rings (SSSR count). The lowest BCUT2D eigenvalue weighted by atomic mass is 9.78. The van der Waals surface area contributed by atoms with Gasteiger partial charge in [-0.1, -0.05) is 80.5 Å². The molecule has 1 aliphatic heterocycles. The van der Waals surface area contributed by atoms with Gasteiger partial charge < -0.3 is 20.0 Å². The number of ether oxygens (including phenoxy) is 1. The van der Waals surface area contributed by atoms with Crippen LogP contribution < -0.4 is 10.8 Å². The number of likely N-dealkylation sites (N-methyl/N-ethyl adjacent to an activating group) is 1. The maximum absolute atomic E-state index is 13.0. The summed E-state index contributed by atoms with van der Waals surface area (Å²) < 4.78 is 5.97. The molecule has 1 radical (unpaired) electrons. The molecule has 37 heavy (non-hydrogen) atoms. The van der Waals surface area contributed by atoms with Crippen molar-refractivity contribution in [2.45, 2.75) is 32.9 Å². The third kappa shape index (κ3) is 5.62. The van der Waals surface area contributed by atoms with Crippen LogP contribution in [0.2, 0.25) is 0 Å². The highest BCUT2D eigenvalue weighted by Crippen LogP contribution is 2.39. The fourth-order valence-corrected chi connectivity index (χ4v) is 5.02. The quantitative estimate of drug-likeness (QED) is 0.500. The molecule has 0 saturated carbocycles. The van der Waals surface area contributed by atoms with Gasteiger partial charge in [-0.2, -0.15) is 0 Å². The number of nitrogens with zero attached hydrogens (tertiary/aromatic N) is 1. The Morgan fingerprint density at radius 2 is 1.73 bits per heavy atom.